The topological polar surface area (TPSA) is 77.3 Å². The summed E-state index contributed by atoms with van der Waals surface area (Å²) in [7, 11) is 1.62. The van der Waals surface area contributed by atoms with Crippen LogP contribution in [-0.2, 0) is 5.54 Å². The van der Waals surface area contributed by atoms with E-state index < -0.39 is 5.54 Å². The van der Waals surface area contributed by atoms with Gasteiger partial charge in [0, 0.05) is 16.1 Å². The third-order valence-electron chi connectivity index (χ3n) is 5.33. The molecule has 0 spiro atoms. The largest absolute Gasteiger partial charge is 0.497 e. The van der Waals surface area contributed by atoms with E-state index in [1.807, 2.05) is 24.3 Å². The first kappa shape index (κ1) is 19.5. The Hall–Kier alpha value is -2.86. The molecule has 1 saturated carbocycles. The van der Waals surface area contributed by atoms with E-state index in [1.54, 1.807) is 31.4 Å². The van der Waals surface area contributed by atoms with Gasteiger partial charge in [-0.25, -0.2) is 0 Å². The highest BCUT2D eigenvalue weighted by Gasteiger charge is 2.41. The summed E-state index contributed by atoms with van der Waals surface area (Å²) in [6.45, 7) is 0. The molecular formula is C22H22ClN3O3. The van der Waals surface area contributed by atoms with Crippen molar-refractivity contribution in [3.8, 4) is 17.1 Å². The molecule has 4 rings (SSSR count). The minimum absolute atomic E-state index is 0.196. The minimum Gasteiger partial charge on any atom is -0.497 e. The van der Waals surface area contributed by atoms with Crippen molar-refractivity contribution < 1.29 is 14.1 Å². The molecule has 0 aliphatic heterocycles. The van der Waals surface area contributed by atoms with Crippen LogP contribution < -0.4 is 10.1 Å². The van der Waals surface area contributed by atoms with Gasteiger partial charge in [-0.3, -0.25) is 4.79 Å². The minimum atomic E-state index is -0.671. The predicted molar refractivity (Wildman–Crippen MR) is 110 cm³/mol. The quantitative estimate of drug-likeness (QED) is 0.640. The van der Waals surface area contributed by atoms with Crippen molar-refractivity contribution in [3.05, 3.63) is 65.0 Å². The Kier molecular flexibility index (Phi) is 5.53. The first-order valence-corrected chi connectivity index (χ1v) is 10.0. The van der Waals surface area contributed by atoms with Gasteiger partial charge in [-0.05, 0) is 55.3 Å². The standard InChI is InChI=1S/C22H22ClN3O3/c1-28-18-10-8-15(9-11-18)19-24-21(29-26-19)22(12-3-2-4-13-22)25-20(27)16-6-5-7-17(23)14-16/h5-11,14H,2-4,12-13H2,1H3,(H,25,27). The highest BCUT2D eigenvalue weighted by atomic mass is 35.5. The molecule has 1 amide bonds. The summed E-state index contributed by atoms with van der Waals surface area (Å²) in [5.41, 5.74) is 0.667. The van der Waals surface area contributed by atoms with Gasteiger partial charge in [-0.1, -0.05) is 42.1 Å². The maximum Gasteiger partial charge on any atom is 0.252 e. The Morgan fingerprint density at radius 1 is 1.14 bits per heavy atom. The Balaban J connectivity index is 1.62. The van der Waals surface area contributed by atoms with E-state index in [2.05, 4.69) is 15.5 Å². The summed E-state index contributed by atoms with van der Waals surface area (Å²) in [6.07, 6.45) is 4.59. The molecule has 0 bridgehead atoms. The predicted octanol–water partition coefficient (Wildman–Crippen LogP) is 4.99. The van der Waals surface area contributed by atoms with E-state index in [1.165, 1.54) is 0 Å². The number of nitrogens with one attached hydrogen (secondary N) is 1. The molecule has 1 aromatic heterocycles. The number of carbonyl (C=O) groups excluding carboxylic acids is 1. The molecule has 0 atom stereocenters. The van der Waals surface area contributed by atoms with Crippen molar-refractivity contribution in [2.75, 3.05) is 7.11 Å². The summed E-state index contributed by atoms with van der Waals surface area (Å²) in [6, 6.07) is 14.4. The molecule has 6 nitrogen and oxygen atoms in total. The lowest BCUT2D eigenvalue weighted by atomic mass is 9.81. The third kappa shape index (κ3) is 4.12. The van der Waals surface area contributed by atoms with Gasteiger partial charge in [0.05, 0.1) is 7.11 Å². The summed E-state index contributed by atoms with van der Waals surface area (Å²) >= 11 is 6.05. The molecule has 0 unspecified atom stereocenters. The summed E-state index contributed by atoms with van der Waals surface area (Å²) < 4.78 is 10.8. The molecule has 0 radical (unpaired) electrons. The molecule has 29 heavy (non-hydrogen) atoms. The van der Waals surface area contributed by atoms with E-state index in [-0.39, 0.29) is 5.91 Å². The second kappa shape index (κ2) is 8.25. The Bertz CT molecular complexity index is 995. The number of rotatable bonds is 5. The zero-order valence-corrected chi connectivity index (χ0v) is 16.9. The number of carbonyl (C=O) groups is 1. The van der Waals surface area contributed by atoms with Crippen LogP contribution in [0.25, 0.3) is 11.4 Å². The summed E-state index contributed by atoms with van der Waals surface area (Å²) in [5.74, 6) is 1.50. The van der Waals surface area contributed by atoms with Crippen molar-refractivity contribution in [2.24, 2.45) is 0 Å². The van der Waals surface area contributed by atoms with Gasteiger partial charge in [-0.15, -0.1) is 0 Å². The fourth-order valence-electron chi connectivity index (χ4n) is 3.74. The highest BCUT2D eigenvalue weighted by Crippen LogP contribution is 2.37. The molecule has 3 aromatic rings. The van der Waals surface area contributed by atoms with Crippen molar-refractivity contribution in [3.63, 3.8) is 0 Å². The molecule has 1 heterocycles. The number of hydrogen-bond acceptors (Lipinski definition) is 5. The second-order valence-corrected chi connectivity index (χ2v) is 7.70. The number of halogens is 1. The number of ether oxygens (including phenoxy) is 1. The average molecular weight is 412 g/mol. The fraction of sp³-hybridized carbons (Fsp3) is 0.318. The summed E-state index contributed by atoms with van der Waals surface area (Å²) in [5, 5.41) is 7.84. The van der Waals surface area contributed by atoms with Crippen molar-refractivity contribution in [1.82, 2.24) is 15.5 Å². The number of nitrogens with zero attached hydrogens (tertiary/aromatic N) is 2. The summed E-state index contributed by atoms with van der Waals surface area (Å²) in [4.78, 5) is 17.6. The van der Waals surface area contributed by atoms with Crippen molar-refractivity contribution in [2.45, 2.75) is 37.6 Å². The van der Waals surface area contributed by atoms with Gasteiger partial charge in [0.2, 0.25) is 5.82 Å². The molecule has 7 heteroatoms. The normalized spacial score (nSPS) is 15.7. The van der Waals surface area contributed by atoms with Crippen LogP contribution in [0.15, 0.2) is 53.1 Å². The Morgan fingerprint density at radius 3 is 2.59 bits per heavy atom. The molecule has 0 saturated heterocycles. The van der Waals surface area contributed by atoms with Gasteiger partial charge in [-0.2, -0.15) is 4.98 Å². The van der Waals surface area contributed by atoms with E-state index >= 15 is 0 Å². The number of benzene rings is 2. The average Bonchev–Trinajstić information content (AvgIpc) is 3.25. The molecule has 150 valence electrons. The van der Waals surface area contributed by atoms with Gasteiger partial charge in [0.25, 0.3) is 11.8 Å². The smallest absolute Gasteiger partial charge is 0.252 e. The van der Waals surface area contributed by atoms with Crippen LogP contribution in [0.2, 0.25) is 5.02 Å². The third-order valence-corrected chi connectivity index (χ3v) is 5.57. The van der Waals surface area contributed by atoms with Crippen molar-refractivity contribution >= 4 is 17.5 Å². The molecule has 1 fully saturated rings. The Morgan fingerprint density at radius 2 is 1.90 bits per heavy atom. The van der Waals surface area contributed by atoms with Gasteiger partial charge >= 0.3 is 0 Å². The van der Waals surface area contributed by atoms with Gasteiger partial charge < -0.3 is 14.6 Å². The van der Waals surface area contributed by atoms with E-state index in [0.29, 0.717) is 22.3 Å². The first-order valence-electron chi connectivity index (χ1n) is 9.66. The Labute approximate surface area is 174 Å². The monoisotopic (exact) mass is 411 g/mol. The number of methoxy groups -OCH3 is 1. The molecule has 2 aromatic carbocycles. The van der Waals surface area contributed by atoms with Crippen LogP contribution >= 0.6 is 11.6 Å². The van der Waals surface area contributed by atoms with Gasteiger partial charge in [0.1, 0.15) is 11.3 Å². The van der Waals surface area contributed by atoms with Crippen molar-refractivity contribution in [1.29, 1.82) is 0 Å². The molecule has 1 N–H and O–H groups in total. The highest BCUT2D eigenvalue weighted by molar-refractivity contribution is 6.30. The van der Waals surface area contributed by atoms with E-state index in [9.17, 15) is 4.79 Å². The molecular weight excluding hydrogens is 390 g/mol. The van der Waals surface area contributed by atoms with E-state index in [4.69, 9.17) is 20.9 Å². The van der Waals surface area contributed by atoms with Crippen LogP contribution in [0.5, 0.6) is 5.75 Å². The zero-order valence-electron chi connectivity index (χ0n) is 16.2. The molecule has 1 aliphatic carbocycles. The van der Waals surface area contributed by atoms with Crippen LogP contribution in [0.3, 0.4) is 0 Å². The van der Waals surface area contributed by atoms with E-state index in [0.717, 1.165) is 43.4 Å². The number of amides is 1. The zero-order chi connectivity index (χ0) is 20.3. The number of aromatic nitrogens is 2. The number of hydrogen-bond donors (Lipinski definition) is 1. The van der Waals surface area contributed by atoms with Crippen LogP contribution in [0, 0.1) is 0 Å². The van der Waals surface area contributed by atoms with Crippen LogP contribution in [0.4, 0.5) is 0 Å². The lowest BCUT2D eigenvalue weighted by Crippen LogP contribution is -2.47. The maximum atomic E-state index is 12.9. The fourth-order valence-corrected chi connectivity index (χ4v) is 3.93. The van der Waals surface area contributed by atoms with Gasteiger partial charge in [0.15, 0.2) is 0 Å². The SMILES string of the molecule is COc1ccc(-c2noc(C3(NC(=O)c4cccc(Cl)c4)CCCCC3)n2)cc1. The van der Waals surface area contributed by atoms with Crippen LogP contribution in [0.1, 0.15) is 48.4 Å². The lowest BCUT2D eigenvalue weighted by Gasteiger charge is -2.34. The molecule has 1 aliphatic rings. The maximum absolute atomic E-state index is 12.9. The lowest BCUT2D eigenvalue weighted by molar-refractivity contribution is 0.0824. The second-order valence-electron chi connectivity index (χ2n) is 7.26. The first-order chi connectivity index (χ1) is 14.1. The van der Waals surface area contributed by atoms with Crippen LogP contribution in [-0.4, -0.2) is 23.2 Å².